The van der Waals surface area contributed by atoms with Crippen molar-refractivity contribution in [3.63, 3.8) is 0 Å². The van der Waals surface area contributed by atoms with E-state index in [4.69, 9.17) is 0 Å². The molecule has 4 heteroatoms. The Morgan fingerprint density at radius 2 is 0.562 bits per heavy atom. The van der Waals surface area contributed by atoms with Crippen molar-refractivity contribution in [2.45, 2.75) is 218 Å². The van der Waals surface area contributed by atoms with Crippen molar-refractivity contribution in [2.24, 2.45) is 49.9 Å². The molecule has 0 spiro atoms. The number of aromatic nitrogens is 4. The van der Waals surface area contributed by atoms with Crippen LogP contribution in [0.1, 0.15) is 217 Å². The minimum absolute atomic E-state index is 0.280. The maximum Gasteiger partial charge on any atom is 0.213 e. The van der Waals surface area contributed by atoms with E-state index in [2.05, 4.69) is 383 Å². The summed E-state index contributed by atoms with van der Waals surface area (Å²) >= 11 is 0. The van der Waals surface area contributed by atoms with Crippen molar-refractivity contribution >= 4 is 0 Å². The molecule has 12 aromatic rings. The van der Waals surface area contributed by atoms with Crippen molar-refractivity contribution in [3.8, 4) is 89.5 Å². The fourth-order valence-corrected chi connectivity index (χ4v) is 19.1. The maximum absolute atomic E-state index is 2.45. The summed E-state index contributed by atoms with van der Waals surface area (Å²) in [6.07, 6.45) is 17.8. The van der Waals surface area contributed by atoms with E-state index in [9.17, 15) is 0 Å². The molecule has 0 bridgehead atoms. The molecule has 4 heterocycles. The van der Waals surface area contributed by atoms with Crippen LogP contribution >= 0.6 is 0 Å². The normalized spacial score (nSPS) is 12.8. The summed E-state index contributed by atoms with van der Waals surface area (Å²) in [5.74, 6) is 0. The fraction of sp³-hybridized carbons (Fsp3) is 0.370. The first-order valence-electron chi connectivity index (χ1n) is 41.4. The SMILES string of the molecule is Cc1c[n+](C)c(-c2c(C)cc(C)c3c2Cc2ccccc2-3)cc1CC(C)(C)C.Cc1c[n+](C)c(-c2c(C)ccc3c2Cc2cccc(C)c2-3)cc1CC(C)(C)C.Cc1ccc2c(c1)-c1ccc(C)c(-c3cc(CC(C)(C)C)c(C)c[n+]3C)c1C2.Cc1ccc2c(c1)Cc1c-2ccc(C)c1-c1cc(CC(C)(C)C)c(C)c[n+]1C. The van der Waals surface area contributed by atoms with Crippen LogP contribution in [0.5, 0.6) is 0 Å². The maximum atomic E-state index is 2.45. The Hall–Kier alpha value is -9.64. The van der Waals surface area contributed by atoms with Crippen LogP contribution in [-0.2, 0) is 79.6 Å². The Labute approximate surface area is 674 Å². The lowest BCUT2D eigenvalue weighted by Gasteiger charge is -2.20. The van der Waals surface area contributed by atoms with E-state index < -0.39 is 0 Å². The van der Waals surface area contributed by atoms with Crippen molar-refractivity contribution in [2.75, 3.05) is 0 Å². The highest BCUT2D eigenvalue weighted by atomic mass is 14.9. The number of nitrogens with zero attached hydrogens (tertiary/aromatic N) is 4. The topological polar surface area (TPSA) is 15.5 Å². The van der Waals surface area contributed by atoms with Gasteiger partial charge in [0.05, 0.1) is 22.3 Å². The number of hydrogen-bond donors (Lipinski definition) is 0. The third-order valence-electron chi connectivity index (χ3n) is 24.1. The molecule has 0 fully saturated rings. The quantitative estimate of drug-likeness (QED) is 0.135. The van der Waals surface area contributed by atoms with E-state index in [1.54, 1.807) is 0 Å². The van der Waals surface area contributed by atoms with Gasteiger partial charge in [-0.1, -0.05) is 216 Å². The first-order valence-corrected chi connectivity index (χ1v) is 41.4. The van der Waals surface area contributed by atoms with Gasteiger partial charge in [-0.2, -0.15) is 0 Å². The summed E-state index contributed by atoms with van der Waals surface area (Å²) < 4.78 is 9.28. The Morgan fingerprint density at radius 3 is 1.02 bits per heavy atom. The van der Waals surface area contributed by atoms with Crippen molar-refractivity contribution in [1.29, 1.82) is 0 Å². The minimum Gasteiger partial charge on any atom is -0.201 e. The van der Waals surface area contributed by atoms with Crippen LogP contribution in [0.3, 0.4) is 0 Å². The zero-order valence-corrected chi connectivity index (χ0v) is 73.6. The van der Waals surface area contributed by atoms with Crippen LogP contribution in [-0.4, -0.2) is 0 Å². The molecule has 0 saturated heterocycles. The van der Waals surface area contributed by atoms with Crippen LogP contribution in [0.15, 0.2) is 170 Å². The molecule has 8 aromatic carbocycles. The molecule has 16 rings (SSSR count). The molecule has 112 heavy (non-hydrogen) atoms. The molecule has 0 radical (unpaired) electrons. The first-order chi connectivity index (χ1) is 52.6. The Balaban J connectivity index is 0.000000131. The van der Waals surface area contributed by atoms with Gasteiger partial charge in [0.15, 0.2) is 24.8 Å². The second-order valence-electron chi connectivity index (χ2n) is 39.2. The molecule has 0 saturated carbocycles. The van der Waals surface area contributed by atoms with Gasteiger partial charge in [0.25, 0.3) is 0 Å². The molecule has 0 aliphatic heterocycles. The van der Waals surface area contributed by atoms with Gasteiger partial charge in [-0.15, -0.1) is 0 Å². The highest BCUT2D eigenvalue weighted by molar-refractivity contribution is 5.90. The van der Waals surface area contributed by atoms with Crippen LogP contribution < -0.4 is 18.3 Å². The number of aryl methyl sites for hydroxylation is 16. The molecule has 0 N–H and O–H groups in total. The lowest BCUT2D eigenvalue weighted by molar-refractivity contribution is -0.661. The molecule has 0 amide bonds. The standard InChI is InChI=1S/4C27H32N/c1-17-8-10-22-20(12-17)13-24-23(22)11-9-18(2)26(24)25-14-21(15-27(4,5)6)19(3)16-28(25)7;1-17-8-10-20-13-24-22(23(20)12-17)11-9-18(2)26(24)25-14-21(15-27(4,5)6)19(3)16-28(25)7;1-17-9-8-10-20-13-23-22(25(17)20)12-11-18(2)26(23)24-14-21(15-27(4,5)6)19(3)16-28(24)7;1-17-12-18(2)26(23-13-20-10-8-9-11-22(20)25(17)23)24-14-21(15-27(4,5)6)19(3)16-28(24)7/h4*8-12,14,16H,13,15H2,1-7H3/q4*+1. The highest BCUT2D eigenvalue weighted by Gasteiger charge is 2.34. The lowest BCUT2D eigenvalue weighted by atomic mass is 9.85. The molecule has 576 valence electrons. The molecule has 4 nitrogen and oxygen atoms in total. The number of rotatable bonds is 8. The van der Waals surface area contributed by atoms with Gasteiger partial charge < -0.3 is 0 Å². The van der Waals surface area contributed by atoms with Gasteiger partial charge in [0.2, 0.25) is 22.8 Å². The molecular weight excluding hydrogens is 1350 g/mol. The van der Waals surface area contributed by atoms with E-state index in [0.717, 1.165) is 51.4 Å². The highest BCUT2D eigenvalue weighted by Crippen LogP contribution is 2.49. The Morgan fingerprint density at radius 1 is 0.232 bits per heavy atom. The zero-order valence-electron chi connectivity index (χ0n) is 73.6. The Kier molecular flexibility index (Phi) is 22.0. The van der Waals surface area contributed by atoms with Gasteiger partial charge in [-0.3, -0.25) is 0 Å². The molecule has 4 aliphatic carbocycles. The van der Waals surface area contributed by atoms with Crippen molar-refractivity contribution in [3.05, 3.63) is 304 Å². The molecular formula is C108H128N4+4. The number of hydrogen-bond acceptors (Lipinski definition) is 0. The summed E-state index contributed by atoms with van der Waals surface area (Å²) in [5.41, 5.74) is 57.7. The average molecular weight is 1480 g/mol. The van der Waals surface area contributed by atoms with Gasteiger partial charge >= 0.3 is 0 Å². The van der Waals surface area contributed by atoms with Crippen LogP contribution in [0.4, 0.5) is 0 Å². The Bertz CT molecular complexity index is 5730. The minimum atomic E-state index is 0.280. The van der Waals surface area contributed by atoms with Gasteiger partial charge in [0, 0.05) is 46.5 Å². The van der Waals surface area contributed by atoms with Crippen LogP contribution in [0, 0.1) is 105 Å². The molecule has 0 unspecified atom stereocenters. The van der Waals surface area contributed by atoms with Gasteiger partial charge in [0.1, 0.15) is 28.2 Å². The number of fused-ring (bicyclic) bond motifs is 12. The number of pyridine rings is 4. The largest absolute Gasteiger partial charge is 0.213 e. The smallest absolute Gasteiger partial charge is 0.201 e. The average Bonchev–Trinajstić information content (AvgIpc) is 1.61. The molecule has 4 aromatic heterocycles. The molecule has 4 aliphatic rings. The van der Waals surface area contributed by atoms with Gasteiger partial charge in [-0.25, -0.2) is 18.3 Å². The van der Waals surface area contributed by atoms with Gasteiger partial charge in [-0.05, 0) is 301 Å². The first kappa shape index (κ1) is 80.4. The fourth-order valence-electron chi connectivity index (χ4n) is 19.1. The van der Waals surface area contributed by atoms with Crippen LogP contribution in [0.25, 0.3) is 89.5 Å². The van der Waals surface area contributed by atoms with Crippen molar-refractivity contribution < 1.29 is 18.3 Å². The van der Waals surface area contributed by atoms with E-state index in [0.29, 0.717) is 0 Å². The van der Waals surface area contributed by atoms with Crippen molar-refractivity contribution in [1.82, 2.24) is 0 Å². The van der Waals surface area contributed by atoms with Crippen LogP contribution in [0.2, 0.25) is 0 Å². The van der Waals surface area contributed by atoms with E-state index in [1.807, 2.05) is 0 Å². The zero-order chi connectivity index (χ0) is 80.9. The van der Waals surface area contributed by atoms with E-state index in [-0.39, 0.29) is 21.7 Å². The predicted molar refractivity (Wildman–Crippen MR) is 475 cm³/mol. The van der Waals surface area contributed by atoms with E-state index >= 15 is 0 Å². The second kappa shape index (κ2) is 30.7. The summed E-state index contributed by atoms with van der Waals surface area (Å²) in [4.78, 5) is 0. The monoisotopic (exact) mass is 1480 g/mol. The summed E-state index contributed by atoms with van der Waals surface area (Å²) in [7, 11) is 8.76. The number of benzene rings is 8. The predicted octanol–water partition coefficient (Wildman–Crippen LogP) is 25.1. The third-order valence-corrected chi connectivity index (χ3v) is 24.1. The lowest BCUT2D eigenvalue weighted by Crippen LogP contribution is -2.32. The second-order valence-corrected chi connectivity index (χ2v) is 39.2. The van der Waals surface area contributed by atoms with E-state index in [1.165, 1.54) is 223 Å². The summed E-state index contributed by atoms with van der Waals surface area (Å²) in [6.45, 7) is 54.8. The summed E-state index contributed by atoms with van der Waals surface area (Å²) in [6, 6.07) is 55.4. The molecule has 0 atom stereocenters. The summed E-state index contributed by atoms with van der Waals surface area (Å²) in [5, 5.41) is 0. The third kappa shape index (κ3) is 16.6.